The van der Waals surface area contributed by atoms with Crippen molar-refractivity contribution in [1.82, 2.24) is 9.78 Å². The van der Waals surface area contributed by atoms with Crippen molar-refractivity contribution in [3.63, 3.8) is 0 Å². The van der Waals surface area contributed by atoms with Crippen LogP contribution >= 0.6 is 0 Å². The van der Waals surface area contributed by atoms with Crippen molar-refractivity contribution >= 4 is 34.8 Å². The third-order valence-electron chi connectivity index (χ3n) is 5.95. The molecule has 0 atom stereocenters. The summed E-state index contributed by atoms with van der Waals surface area (Å²) in [7, 11) is 1.37. The van der Waals surface area contributed by atoms with Crippen LogP contribution in [0.2, 0.25) is 0 Å². The number of benzene rings is 2. The number of unbranched alkanes of at least 4 members (excludes halogenated alkanes) is 3. The molecule has 0 aliphatic heterocycles. The van der Waals surface area contributed by atoms with Gasteiger partial charge in [-0.2, -0.15) is 5.10 Å². The highest BCUT2D eigenvalue weighted by molar-refractivity contribution is 6.04. The second-order valence-electron chi connectivity index (χ2n) is 9.08. The van der Waals surface area contributed by atoms with Crippen molar-refractivity contribution < 1.29 is 19.1 Å². The van der Waals surface area contributed by atoms with Crippen LogP contribution in [0.4, 0.5) is 17.1 Å². The second kappa shape index (κ2) is 15.9. The van der Waals surface area contributed by atoms with E-state index in [9.17, 15) is 14.4 Å². The van der Waals surface area contributed by atoms with Crippen LogP contribution in [0.3, 0.4) is 0 Å². The van der Waals surface area contributed by atoms with E-state index in [1.807, 2.05) is 12.1 Å². The number of anilines is 2. The molecule has 212 valence electrons. The minimum Gasteiger partial charge on any atom is -0.469 e. The SMILES string of the molecule is COC(=O)CCCCCCC(=O)Nc1cnn(Cc2ccc(NC(=O)c3cc(CN=[N+]=[N-])cc(N=[N+]=[N-])c3)cc2)c1. The maximum absolute atomic E-state index is 12.8. The van der Waals surface area contributed by atoms with Gasteiger partial charge in [-0.15, -0.1) is 0 Å². The summed E-state index contributed by atoms with van der Waals surface area (Å²) in [5, 5.41) is 17.0. The molecule has 14 heteroatoms. The fourth-order valence-electron chi connectivity index (χ4n) is 3.95. The molecule has 0 spiro atoms. The predicted octanol–water partition coefficient (Wildman–Crippen LogP) is 6.39. The number of amides is 2. The van der Waals surface area contributed by atoms with E-state index in [-0.39, 0.29) is 29.7 Å². The van der Waals surface area contributed by atoms with Gasteiger partial charge in [-0.05, 0) is 65.4 Å². The van der Waals surface area contributed by atoms with Gasteiger partial charge in [-0.3, -0.25) is 19.1 Å². The second-order valence-corrected chi connectivity index (χ2v) is 9.08. The quantitative estimate of drug-likeness (QED) is 0.0714. The van der Waals surface area contributed by atoms with Crippen LogP contribution in [0, 0.1) is 0 Å². The van der Waals surface area contributed by atoms with Gasteiger partial charge in [0.1, 0.15) is 0 Å². The van der Waals surface area contributed by atoms with Gasteiger partial charge >= 0.3 is 5.97 Å². The van der Waals surface area contributed by atoms with Crippen LogP contribution in [0.5, 0.6) is 0 Å². The summed E-state index contributed by atoms with van der Waals surface area (Å²) in [5.74, 6) is -0.719. The summed E-state index contributed by atoms with van der Waals surface area (Å²) in [6, 6.07) is 11.8. The van der Waals surface area contributed by atoms with Gasteiger partial charge in [0.25, 0.3) is 5.91 Å². The molecule has 2 N–H and O–H groups in total. The standard InChI is InChI=1S/C27H30N10O4/c1-41-26(39)7-5-3-2-4-6-25(38)32-24-16-31-37(18-24)17-19-8-10-22(11-9-19)33-27(40)21-12-20(15-30-35-28)13-23(14-21)34-36-29/h8-14,16,18H,2-7,15,17H2,1H3,(H,32,38)(H,33,40). The topological polar surface area (TPSA) is 200 Å². The lowest BCUT2D eigenvalue weighted by atomic mass is 10.1. The van der Waals surface area contributed by atoms with Crippen LogP contribution in [-0.2, 0) is 27.4 Å². The van der Waals surface area contributed by atoms with E-state index in [1.165, 1.54) is 13.2 Å². The van der Waals surface area contributed by atoms with Gasteiger partial charge in [0, 0.05) is 45.8 Å². The molecule has 14 nitrogen and oxygen atoms in total. The zero-order chi connectivity index (χ0) is 29.5. The normalized spacial score (nSPS) is 10.2. The van der Waals surface area contributed by atoms with Crippen molar-refractivity contribution in [2.24, 2.45) is 10.2 Å². The number of azide groups is 2. The summed E-state index contributed by atoms with van der Waals surface area (Å²) in [4.78, 5) is 41.6. The van der Waals surface area contributed by atoms with E-state index in [1.54, 1.807) is 41.3 Å². The summed E-state index contributed by atoms with van der Waals surface area (Å²) in [6.07, 6.45) is 7.34. The monoisotopic (exact) mass is 558 g/mol. The first-order valence-corrected chi connectivity index (χ1v) is 12.9. The summed E-state index contributed by atoms with van der Waals surface area (Å²) >= 11 is 0. The number of aromatic nitrogens is 2. The molecule has 1 aromatic heterocycles. The smallest absolute Gasteiger partial charge is 0.305 e. The number of methoxy groups -OCH3 is 1. The van der Waals surface area contributed by atoms with E-state index in [4.69, 9.17) is 11.1 Å². The number of carbonyl (C=O) groups excluding carboxylic acids is 3. The molecule has 0 aliphatic rings. The number of rotatable bonds is 15. The van der Waals surface area contributed by atoms with Gasteiger partial charge in [-0.25, -0.2) is 0 Å². The van der Waals surface area contributed by atoms with Crippen LogP contribution in [0.25, 0.3) is 20.9 Å². The van der Waals surface area contributed by atoms with Crippen LogP contribution < -0.4 is 10.6 Å². The molecule has 41 heavy (non-hydrogen) atoms. The molecule has 2 aromatic carbocycles. The Morgan fingerprint density at radius 2 is 1.68 bits per heavy atom. The van der Waals surface area contributed by atoms with Crippen molar-refractivity contribution in [3.8, 4) is 0 Å². The Bertz CT molecular complexity index is 1450. The first kappa shape index (κ1) is 30.2. The Kier molecular flexibility index (Phi) is 11.7. The molecule has 0 unspecified atom stereocenters. The Morgan fingerprint density at radius 3 is 2.39 bits per heavy atom. The zero-order valence-corrected chi connectivity index (χ0v) is 22.6. The van der Waals surface area contributed by atoms with Gasteiger partial charge in [0.15, 0.2) is 0 Å². The molecule has 0 radical (unpaired) electrons. The number of nitrogens with one attached hydrogen (secondary N) is 2. The minimum absolute atomic E-state index is 0.0127. The Labute approximate surface area is 235 Å². The fraction of sp³-hybridized carbons (Fsp3) is 0.333. The molecule has 0 saturated heterocycles. The Balaban J connectivity index is 1.48. The van der Waals surface area contributed by atoms with Gasteiger partial charge in [0.05, 0.1) is 32.1 Å². The fourth-order valence-corrected chi connectivity index (χ4v) is 3.95. The number of ether oxygens (including phenoxy) is 1. The first-order chi connectivity index (χ1) is 19.9. The number of carbonyl (C=O) groups is 3. The molecule has 1 heterocycles. The Hall–Kier alpha value is -5.32. The average Bonchev–Trinajstić information content (AvgIpc) is 3.40. The maximum Gasteiger partial charge on any atom is 0.305 e. The molecule has 0 bridgehead atoms. The highest BCUT2D eigenvalue weighted by Crippen LogP contribution is 2.21. The Morgan fingerprint density at radius 1 is 0.927 bits per heavy atom. The third kappa shape index (κ3) is 10.4. The highest BCUT2D eigenvalue weighted by Gasteiger charge is 2.10. The lowest BCUT2D eigenvalue weighted by Crippen LogP contribution is -2.12. The van der Waals surface area contributed by atoms with Crippen molar-refractivity contribution in [3.05, 3.63) is 92.4 Å². The number of hydrogen-bond acceptors (Lipinski definition) is 7. The lowest BCUT2D eigenvalue weighted by molar-refractivity contribution is -0.140. The number of hydrogen-bond donors (Lipinski definition) is 2. The van der Waals surface area contributed by atoms with Gasteiger partial charge in [-0.1, -0.05) is 35.2 Å². The van der Waals surface area contributed by atoms with E-state index in [0.29, 0.717) is 36.3 Å². The van der Waals surface area contributed by atoms with Crippen LogP contribution in [0.15, 0.2) is 65.1 Å². The maximum atomic E-state index is 12.8. The van der Waals surface area contributed by atoms with Crippen molar-refractivity contribution in [1.29, 1.82) is 0 Å². The van der Waals surface area contributed by atoms with Gasteiger partial charge < -0.3 is 15.4 Å². The predicted molar refractivity (Wildman–Crippen MR) is 152 cm³/mol. The molecule has 3 rings (SSSR count). The molecule has 0 saturated carbocycles. The number of nitrogens with zero attached hydrogens (tertiary/aromatic N) is 8. The third-order valence-corrected chi connectivity index (χ3v) is 5.95. The lowest BCUT2D eigenvalue weighted by Gasteiger charge is -2.09. The number of esters is 1. The molecular formula is C27H30N10O4. The van der Waals surface area contributed by atoms with E-state index < -0.39 is 5.91 Å². The van der Waals surface area contributed by atoms with E-state index in [0.717, 1.165) is 31.2 Å². The van der Waals surface area contributed by atoms with Crippen molar-refractivity contribution in [2.45, 2.75) is 51.6 Å². The van der Waals surface area contributed by atoms with Crippen molar-refractivity contribution in [2.75, 3.05) is 17.7 Å². The van der Waals surface area contributed by atoms with E-state index in [2.05, 4.69) is 40.5 Å². The summed E-state index contributed by atoms with van der Waals surface area (Å²) in [5.41, 5.74) is 20.4. The molecule has 3 aromatic rings. The van der Waals surface area contributed by atoms with E-state index >= 15 is 0 Å². The first-order valence-electron chi connectivity index (χ1n) is 12.9. The minimum atomic E-state index is -0.413. The molecule has 0 fully saturated rings. The molecule has 0 aliphatic carbocycles. The van der Waals surface area contributed by atoms with Crippen LogP contribution in [-0.4, -0.2) is 34.7 Å². The highest BCUT2D eigenvalue weighted by atomic mass is 16.5. The van der Waals surface area contributed by atoms with Crippen LogP contribution in [0.1, 0.15) is 60.0 Å². The zero-order valence-electron chi connectivity index (χ0n) is 22.6. The molecule has 2 amide bonds. The summed E-state index contributed by atoms with van der Waals surface area (Å²) < 4.78 is 6.31. The average molecular weight is 559 g/mol. The molecular weight excluding hydrogens is 528 g/mol. The van der Waals surface area contributed by atoms with Gasteiger partial charge in [0.2, 0.25) is 5.91 Å². The largest absolute Gasteiger partial charge is 0.469 e. The summed E-state index contributed by atoms with van der Waals surface area (Å²) in [6.45, 7) is 0.472.